The minimum atomic E-state index is -0.364. The van der Waals surface area contributed by atoms with Crippen LogP contribution in [0.5, 0.6) is 0 Å². The summed E-state index contributed by atoms with van der Waals surface area (Å²) < 4.78 is 10.7. The molecule has 1 aliphatic rings. The second kappa shape index (κ2) is 7.23. The number of amides is 2. The normalized spacial score (nSPS) is 15.2. The number of benzene rings is 1. The lowest BCUT2D eigenvalue weighted by atomic mass is 10.1. The minimum Gasteiger partial charge on any atom is -0.378 e. The fraction of sp³-hybridized carbons (Fsp3) is 0.500. The van der Waals surface area contributed by atoms with Gasteiger partial charge in [-0.05, 0) is 20.8 Å². The van der Waals surface area contributed by atoms with Crippen LogP contribution in [0, 0.1) is 0 Å². The highest BCUT2D eigenvalue weighted by Crippen LogP contribution is 2.21. The second-order valence-corrected chi connectivity index (χ2v) is 7.02. The summed E-state index contributed by atoms with van der Waals surface area (Å²) in [5.41, 5.74) is 0.524. The number of rotatable bonds is 3. The summed E-state index contributed by atoms with van der Waals surface area (Å²) in [5, 5.41) is 4.04. The van der Waals surface area contributed by atoms with Gasteiger partial charge in [-0.2, -0.15) is 4.98 Å². The highest BCUT2D eigenvalue weighted by Gasteiger charge is 2.32. The number of carbonyl (C=O) groups is 1. The predicted octanol–water partition coefficient (Wildman–Crippen LogP) is 2.79. The van der Waals surface area contributed by atoms with Crippen molar-refractivity contribution in [1.82, 2.24) is 19.9 Å². The Bertz CT molecular complexity index is 703. The Kier molecular flexibility index (Phi) is 5.03. The maximum absolute atomic E-state index is 12.9. The fourth-order valence-corrected chi connectivity index (χ4v) is 2.68. The first kappa shape index (κ1) is 17.4. The quantitative estimate of drug-likeness (QED) is 0.856. The molecule has 1 aliphatic heterocycles. The van der Waals surface area contributed by atoms with E-state index in [2.05, 4.69) is 10.1 Å². The van der Waals surface area contributed by atoms with Crippen molar-refractivity contribution < 1.29 is 14.1 Å². The van der Waals surface area contributed by atoms with Crippen molar-refractivity contribution in [3.63, 3.8) is 0 Å². The number of carbonyl (C=O) groups excluding carboxylic acids is 1. The monoisotopic (exact) mass is 344 g/mol. The number of hydrogen-bond acceptors (Lipinski definition) is 5. The van der Waals surface area contributed by atoms with Crippen molar-refractivity contribution in [2.45, 2.75) is 32.9 Å². The first-order valence-electron chi connectivity index (χ1n) is 8.47. The zero-order chi connectivity index (χ0) is 17.9. The smallest absolute Gasteiger partial charge is 0.321 e. The molecule has 0 saturated carbocycles. The summed E-state index contributed by atoms with van der Waals surface area (Å²) in [6.45, 7) is 8.62. The van der Waals surface area contributed by atoms with E-state index >= 15 is 0 Å². The lowest BCUT2D eigenvalue weighted by Gasteiger charge is -2.39. The number of hydrogen-bond donors (Lipinski definition) is 0. The van der Waals surface area contributed by atoms with E-state index in [9.17, 15) is 4.79 Å². The number of urea groups is 1. The van der Waals surface area contributed by atoms with Crippen LogP contribution in [0.2, 0.25) is 0 Å². The van der Waals surface area contributed by atoms with Crippen molar-refractivity contribution in [2.75, 3.05) is 26.3 Å². The topological polar surface area (TPSA) is 71.7 Å². The third-order valence-corrected chi connectivity index (χ3v) is 4.12. The number of aromatic nitrogens is 2. The van der Waals surface area contributed by atoms with E-state index in [0.717, 1.165) is 5.56 Å². The maximum Gasteiger partial charge on any atom is 0.321 e. The highest BCUT2D eigenvalue weighted by atomic mass is 16.5. The Morgan fingerprint density at radius 1 is 1.20 bits per heavy atom. The molecule has 3 rings (SSSR count). The molecule has 25 heavy (non-hydrogen) atoms. The summed E-state index contributed by atoms with van der Waals surface area (Å²) in [6, 6.07) is 9.61. The van der Waals surface area contributed by atoms with Crippen molar-refractivity contribution in [3.05, 3.63) is 36.2 Å². The average molecular weight is 344 g/mol. The Hall–Kier alpha value is -2.41. The van der Waals surface area contributed by atoms with Crippen molar-refractivity contribution in [1.29, 1.82) is 0 Å². The molecule has 0 unspecified atom stereocenters. The molecule has 134 valence electrons. The molecule has 1 saturated heterocycles. The van der Waals surface area contributed by atoms with Crippen LogP contribution in [0.4, 0.5) is 4.79 Å². The fourth-order valence-electron chi connectivity index (χ4n) is 2.68. The summed E-state index contributed by atoms with van der Waals surface area (Å²) in [5.74, 6) is 0.957. The van der Waals surface area contributed by atoms with Crippen LogP contribution >= 0.6 is 0 Å². The zero-order valence-corrected chi connectivity index (χ0v) is 14.9. The van der Waals surface area contributed by atoms with Gasteiger partial charge in [0, 0.05) is 24.2 Å². The molecule has 0 spiro atoms. The summed E-state index contributed by atoms with van der Waals surface area (Å²) in [4.78, 5) is 21.0. The van der Waals surface area contributed by atoms with Crippen molar-refractivity contribution in [2.24, 2.45) is 0 Å². The molecule has 2 heterocycles. The van der Waals surface area contributed by atoms with E-state index in [-0.39, 0.29) is 18.1 Å². The molecular formula is C18H24N4O3. The first-order chi connectivity index (χ1) is 11.9. The summed E-state index contributed by atoms with van der Waals surface area (Å²) in [6.07, 6.45) is 0. The maximum atomic E-state index is 12.9. The molecular weight excluding hydrogens is 320 g/mol. The molecule has 0 N–H and O–H groups in total. The standard InChI is InChI=1S/C18H24N4O3/c1-18(2,3)22(17(23)21-9-11-24-12-10-21)13-15-19-16(20-25-15)14-7-5-4-6-8-14/h4-8H,9-13H2,1-3H3. The number of morpholine rings is 1. The van der Waals surface area contributed by atoms with Gasteiger partial charge in [-0.15, -0.1) is 0 Å². The van der Waals surface area contributed by atoms with Gasteiger partial charge < -0.3 is 19.1 Å². The molecule has 0 bridgehead atoms. The van der Waals surface area contributed by atoms with Crippen LogP contribution in [-0.4, -0.2) is 57.8 Å². The van der Waals surface area contributed by atoms with Gasteiger partial charge in [0.15, 0.2) is 0 Å². The summed E-state index contributed by atoms with van der Waals surface area (Å²) in [7, 11) is 0. The number of ether oxygens (including phenoxy) is 1. The van der Waals surface area contributed by atoms with Crippen LogP contribution in [0.15, 0.2) is 34.9 Å². The Balaban J connectivity index is 1.77. The molecule has 2 amide bonds. The summed E-state index contributed by atoms with van der Waals surface area (Å²) >= 11 is 0. The minimum absolute atomic E-state index is 0.0322. The van der Waals surface area contributed by atoms with Gasteiger partial charge in [0.05, 0.1) is 13.2 Å². The number of nitrogens with zero attached hydrogens (tertiary/aromatic N) is 4. The largest absolute Gasteiger partial charge is 0.378 e. The highest BCUT2D eigenvalue weighted by molar-refractivity contribution is 5.75. The Morgan fingerprint density at radius 3 is 2.52 bits per heavy atom. The van der Waals surface area contributed by atoms with Gasteiger partial charge in [-0.1, -0.05) is 35.5 Å². The van der Waals surface area contributed by atoms with Gasteiger partial charge in [-0.3, -0.25) is 0 Å². The van der Waals surface area contributed by atoms with E-state index < -0.39 is 0 Å². The first-order valence-corrected chi connectivity index (χ1v) is 8.47. The third kappa shape index (κ3) is 4.17. The molecule has 0 atom stereocenters. The van der Waals surface area contributed by atoms with Crippen molar-refractivity contribution >= 4 is 6.03 Å². The van der Waals surface area contributed by atoms with Gasteiger partial charge in [-0.25, -0.2) is 4.79 Å². The van der Waals surface area contributed by atoms with Gasteiger partial charge >= 0.3 is 6.03 Å². The van der Waals surface area contributed by atoms with Crippen LogP contribution < -0.4 is 0 Å². The molecule has 2 aromatic rings. The van der Waals surface area contributed by atoms with Gasteiger partial charge in [0.1, 0.15) is 6.54 Å². The van der Waals surface area contributed by atoms with Gasteiger partial charge in [0.2, 0.25) is 11.7 Å². The Labute approximate surface area is 147 Å². The van der Waals surface area contributed by atoms with E-state index in [1.807, 2.05) is 56.0 Å². The Morgan fingerprint density at radius 2 is 1.88 bits per heavy atom. The van der Waals surface area contributed by atoms with Crippen LogP contribution in [0.25, 0.3) is 11.4 Å². The zero-order valence-electron chi connectivity index (χ0n) is 14.9. The lowest BCUT2D eigenvalue weighted by molar-refractivity contribution is 0.0302. The molecule has 1 aromatic heterocycles. The second-order valence-electron chi connectivity index (χ2n) is 7.02. The molecule has 7 nitrogen and oxygen atoms in total. The SMILES string of the molecule is CC(C)(C)N(Cc1nc(-c2ccccc2)no1)C(=O)N1CCOCC1. The van der Waals surface area contributed by atoms with Crippen LogP contribution in [0.3, 0.4) is 0 Å². The van der Waals surface area contributed by atoms with E-state index in [1.54, 1.807) is 4.90 Å². The molecule has 1 fully saturated rings. The molecule has 0 radical (unpaired) electrons. The van der Waals surface area contributed by atoms with E-state index in [4.69, 9.17) is 9.26 Å². The molecule has 7 heteroatoms. The van der Waals surface area contributed by atoms with Crippen molar-refractivity contribution in [3.8, 4) is 11.4 Å². The van der Waals surface area contributed by atoms with Crippen LogP contribution in [-0.2, 0) is 11.3 Å². The van der Waals surface area contributed by atoms with E-state index in [1.165, 1.54) is 0 Å². The lowest BCUT2D eigenvalue weighted by Crippen LogP contribution is -2.54. The van der Waals surface area contributed by atoms with Crippen LogP contribution in [0.1, 0.15) is 26.7 Å². The molecule has 1 aromatic carbocycles. The third-order valence-electron chi connectivity index (χ3n) is 4.12. The average Bonchev–Trinajstić information content (AvgIpc) is 3.08. The van der Waals surface area contributed by atoms with E-state index in [0.29, 0.717) is 38.0 Å². The van der Waals surface area contributed by atoms with Gasteiger partial charge in [0.25, 0.3) is 0 Å². The molecule has 0 aliphatic carbocycles. The predicted molar refractivity (Wildman–Crippen MR) is 92.8 cm³/mol.